The molecule has 0 bridgehead atoms. The van der Waals surface area contributed by atoms with E-state index in [-0.39, 0.29) is 18.0 Å². The van der Waals surface area contributed by atoms with Gasteiger partial charge in [0.05, 0.1) is 29.7 Å². The number of fused-ring (bicyclic) bond motifs is 1. The number of carbonyl (C=O) groups excluding carboxylic acids is 1. The minimum Gasteiger partial charge on any atom is -0.348 e. The summed E-state index contributed by atoms with van der Waals surface area (Å²) >= 11 is 0. The number of aryl methyl sites for hydroxylation is 1. The van der Waals surface area contributed by atoms with Gasteiger partial charge in [0.15, 0.2) is 0 Å². The predicted molar refractivity (Wildman–Crippen MR) is 107 cm³/mol. The maximum absolute atomic E-state index is 12.6. The molecule has 2 atom stereocenters. The molecule has 5 nitrogen and oxygen atoms in total. The lowest BCUT2D eigenvalue weighted by atomic mass is 10.1. The average molecular weight is 362 g/mol. The predicted octanol–water partition coefficient (Wildman–Crippen LogP) is 3.89. The van der Waals surface area contributed by atoms with Crippen molar-refractivity contribution in [2.45, 2.75) is 38.8 Å². The fraction of sp³-hybridized carbons (Fsp3) is 0.364. The number of hydrogen-bond donors (Lipinski definition) is 2. The first-order valence-electron chi connectivity index (χ1n) is 9.65. The summed E-state index contributed by atoms with van der Waals surface area (Å²) in [5.41, 5.74) is 4.40. The van der Waals surface area contributed by atoms with E-state index in [1.165, 1.54) is 5.56 Å². The molecule has 1 aromatic heterocycles. The number of likely N-dealkylation sites (tertiary alicyclic amines) is 1. The second kappa shape index (κ2) is 7.53. The first-order chi connectivity index (χ1) is 13.1. The Morgan fingerprint density at radius 1 is 1.30 bits per heavy atom. The van der Waals surface area contributed by atoms with Crippen molar-refractivity contribution in [3.05, 3.63) is 65.5 Å². The molecule has 2 N–H and O–H groups in total. The maximum Gasteiger partial charge on any atom is 0.234 e. The molecule has 2 aromatic carbocycles. The van der Waals surface area contributed by atoms with E-state index in [0.29, 0.717) is 6.54 Å². The Morgan fingerprint density at radius 2 is 2.11 bits per heavy atom. The standard InChI is InChI=1S/C22H26N4O/c1-15-10-11-18-19(13-15)25-22(24-18)20-9-6-12-26(20)14-21(27)23-16(2)17-7-4-3-5-8-17/h3-5,7-8,10-11,13,16,20H,6,9,12,14H2,1-2H3,(H,23,27)(H,24,25)/t16-,20+/m0/s1. The number of aromatic nitrogens is 2. The molecule has 140 valence electrons. The van der Waals surface area contributed by atoms with Crippen LogP contribution in [0, 0.1) is 6.92 Å². The third-order valence-corrected chi connectivity index (χ3v) is 5.36. The van der Waals surface area contributed by atoms with Crippen LogP contribution in [0.2, 0.25) is 0 Å². The molecule has 3 aromatic rings. The van der Waals surface area contributed by atoms with Crippen LogP contribution < -0.4 is 5.32 Å². The number of imidazole rings is 1. The number of nitrogens with one attached hydrogen (secondary N) is 2. The van der Waals surface area contributed by atoms with Crippen molar-refractivity contribution in [2.24, 2.45) is 0 Å². The fourth-order valence-corrected chi connectivity index (χ4v) is 3.92. The first kappa shape index (κ1) is 17.7. The van der Waals surface area contributed by atoms with E-state index in [4.69, 9.17) is 4.98 Å². The van der Waals surface area contributed by atoms with E-state index in [1.54, 1.807) is 0 Å². The number of nitrogens with zero attached hydrogens (tertiary/aromatic N) is 2. The maximum atomic E-state index is 12.6. The van der Waals surface area contributed by atoms with Gasteiger partial charge in [0.2, 0.25) is 5.91 Å². The molecule has 1 aliphatic rings. The van der Waals surface area contributed by atoms with Crippen LogP contribution in [0.15, 0.2) is 48.5 Å². The number of rotatable bonds is 5. The molecular formula is C22H26N4O. The lowest BCUT2D eigenvalue weighted by molar-refractivity contribution is -0.123. The molecule has 0 spiro atoms. The van der Waals surface area contributed by atoms with Crippen molar-refractivity contribution in [1.82, 2.24) is 20.2 Å². The molecule has 2 heterocycles. The zero-order valence-electron chi connectivity index (χ0n) is 15.9. The summed E-state index contributed by atoms with van der Waals surface area (Å²) in [6, 6.07) is 16.5. The second-order valence-electron chi connectivity index (χ2n) is 7.47. The smallest absolute Gasteiger partial charge is 0.234 e. The van der Waals surface area contributed by atoms with Gasteiger partial charge >= 0.3 is 0 Å². The number of H-pyrrole nitrogens is 1. The highest BCUT2D eigenvalue weighted by atomic mass is 16.2. The molecule has 1 fully saturated rings. The molecular weight excluding hydrogens is 336 g/mol. The molecule has 5 heteroatoms. The zero-order valence-corrected chi connectivity index (χ0v) is 15.9. The van der Waals surface area contributed by atoms with E-state index in [0.717, 1.165) is 41.8 Å². The minimum atomic E-state index is 0.00827. The Kier molecular flexibility index (Phi) is 4.94. The molecule has 0 unspecified atom stereocenters. The van der Waals surface area contributed by atoms with E-state index >= 15 is 0 Å². The summed E-state index contributed by atoms with van der Waals surface area (Å²) < 4.78 is 0. The van der Waals surface area contributed by atoms with Crippen molar-refractivity contribution in [3.8, 4) is 0 Å². The van der Waals surface area contributed by atoms with Gasteiger partial charge in [0.25, 0.3) is 0 Å². The highest BCUT2D eigenvalue weighted by Crippen LogP contribution is 2.31. The van der Waals surface area contributed by atoms with Crippen molar-refractivity contribution in [3.63, 3.8) is 0 Å². The number of aromatic amines is 1. The van der Waals surface area contributed by atoms with Gasteiger partial charge in [-0.2, -0.15) is 0 Å². The molecule has 27 heavy (non-hydrogen) atoms. The Labute approximate surface area is 159 Å². The molecule has 1 saturated heterocycles. The van der Waals surface area contributed by atoms with Gasteiger partial charge in [-0.1, -0.05) is 36.4 Å². The van der Waals surface area contributed by atoms with Gasteiger partial charge in [-0.25, -0.2) is 4.98 Å². The largest absolute Gasteiger partial charge is 0.348 e. The van der Waals surface area contributed by atoms with Crippen LogP contribution in [-0.2, 0) is 4.79 Å². The Balaban J connectivity index is 1.44. The molecule has 0 radical (unpaired) electrons. The van der Waals surface area contributed by atoms with Crippen LogP contribution >= 0.6 is 0 Å². The lowest BCUT2D eigenvalue weighted by Gasteiger charge is -2.23. The SMILES string of the molecule is Cc1ccc2nc([C@H]3CCCN3CC(=O)N[C@@H](C)c3ccccc3)[nH]c2c1. The molecule has 4 rings (SSSR count). The fourth-order valence-electron chi connectivity index (χ4n) is 3.92. The number of amides is 1. The Hall–Kier alpha value is -2.66. The van der Waals surface area contributed by atoms with Crippen molar-refractivity contribution < 1.29 is 4.79 Å². The molecule has 0 saturated carbocycles. The monoisotopic (exact) mass is 362 g/mol. The average Bonchev–Trinajstić information content (AvgIpc) is 3.28. The van der Waals surface area contributed by atoms with Gasteiger partial charge in [0, 0.05) is 0 Å². The van der Waals surface area contributed by atoms with E-state index in [9.17, 15) is 4.79 Å². The van der Waals surface area contributed by atoms with E-state index in [2.05, 4.69) is 40.3 Å². The number of carbonyl (C=O) groups is 1. The quantitative estimate of drug-likeness (QED) is 0.724. The number of hydrogen-bond acceptors (Lipinski definition) is 3. The minimum absolute atomic E-state index is 0.00827. The summed E-state index contributed by atoms with van der Waals surface area (Å²) in [4.78, 5) is 23.1. The van der Waals surface area contributed by atoms with Crippen LogP contribution in [-0.4, -0.2) is 33.9 Å². The van der Waals surface area contributed by atoms with Crippen molar-refractivity contribution in [1.29, 1.82) is 0 Å². The van der Waals surface area contributed by atoms with Gasteiger partial charge in [-0.3, -0.25) is 9.69 Å². The summed E-state index contributed by atoms with van der Waals surface area (Å²) in [5, 5.41) is 3.12. The van der Waals surface area contributed by atoms with Gasteiger partial charge in [0.1, 0.15) is 5.82 Å². The highest BCUT2D eigenvalue weighted by molar-refractivity contribution is 5.79. The summed E-state index contributed by atoms with van der Waals surface area (Å²) in [6.45, 7) is 5.43. The summed E-state index contributed by atoms with van der Waals surface area (Å²) in [6.07, 6.45) is 2.11. The summed E-state index contributed by atoms with van der Waals surface area (Å²) in [5.74, 6) is 1.03. The zero-order chi connectivity index (χ0) is 18.8. The number of benzene rings is 2. The van der Waals surface area contributed by atoms with Crippen LogP contribution in [0.25, 0.3) is 11.0 Å². The van der Waals surface area contributed by atoms with Crippen LogP contribution in [0.3, 0.4) is 0 Å². The van der Waals surface area contributed by atoms with Crippen molar-refractivity contribution in [2.75, 3.05) is 13.1 Å². The van der Waals surface area contributed by atoms with Crippen molar-refractivity contribution >= 4 is 16.9 Å². The molecule has 1 aliphatic heterocycles. The van der Waals surface area contributed by atoms with Crippen LogP contribution in [0.5, 0.6) is 0 Å². The van der Waals surface area contributed by atoms with Crippen LogP contribution in [0.4, 0.5) is 0 Å². The van der Waals surface area contributed by atoms with Gasteiger partial charge < -0.3 is 10.3 Å². The van der Waals surface area contributed by atoms with Gasteiger partial charge in [-0.15, -0.1) is 0 Å². The first-order valence-corrected chi connectivity index (χ1v) is 9.65. The topological polar surface area (TPSA) is 61.0 Å². The second-order valence-corrected chi connectivity index (χ2v) is 7.47. The molecule has 1 amide bonds. The molecule has 0 aliphatic carbocycles. The Bertz CT molecular complexity index is 934. The van der Waals surface area contributed by atoms with Crippen LogP contribution in [0.1, 0.15) is 48.8 Å². The third kappa shape index (κ3) is 3.88. The third-order valence-electron chi connectivity index (χ3n) is 5.36. The Morgan fingerprint density at radius 3 is 2.93 bits per heavy atom. The highest BCUT2D eigenvalue weighted by Gasteiger charge is 2.30. The lowest BCUT2D eigenvalue weighted by Crippen LogP contribution is -2.38. The van der Waals surface area contributed by atoms with E-state index in [1.807, 2.05) is 37.3 Å². The van der Waals surface area contributed by atoms with Gasteiger partial charge in [-0.05, 0) is 56.5 Å². The summed E-state index contributed by atoms with van der Waals surface area (Å²) in [7, 11) is 0. The van der Waals surface area contributed by atoms with E-state index < -0.39 is 0 Å². The normalized spacial score (nSPS) is 18.7.